The van der Waals surface area contributed by atoms with Crippen molar-refractivity contribution >= 4 is 17.1 Å². The first-order valence-electron chi connectivity index (χ1n) is 6.33. The van der Waals surface area contributed by atoms with E-state index in [1.54, 1.807) is 0 Å². The molecule has 0 unspecified atom stereocenters. The Kier molecular flexibility index (Phi) is 2.64. The summed E-state index contributed by atoms with van der Waals surface area (Å²) in [4.78, 5) is 4.49. The molecule has 0 aliphatic carbocycles. The van der Waals surface area contributed by atoms with Crippen LogP contribution in [0.25, 0.3) is 0 Å². The Balaban J connectivity index is 2.16. The van der Waals surface area contributed by atoms with E-state index in [9.17, 15) is 0 Å². The number of para-hydroxylation sites is 1. The number of nitrogens with zero attached hydrogens (tertiary/aromatic N) is 3. The first-order chi connectivity index (χ1) is 9.22. The van der Waals surface area contributed by atoms with Crippen LogP contribution in [0.5, 0.6) is 0 Å². The summed E-state index contributed by atoms with van der Waals surface area (Å²) in [6.45, 7) is 2.17. The van der Waals surface area contributed by atoms with Crippen LogP contribution in [0.2, 0.25) is 0 Å². The first kappa shape index (κ1) is 11.6. The Morgan fingerprint density at radius 1 is 1.05 bits per heavy atom. The molecule has 0 N–H and O–H groups in total. The van der Waals surface area contributed by atoms with Gasteiger partial charge in [-0.1, -0.05) is 18.2 Å². The molecule has 0 saturated carbocycles. The van der Waals surface area contributed by atoms with Gasteiger partial charge in [0.15, 0.2) is 0 Å². The van der Waals surface area contributed by atoms with Crippen molar-refractivity contribution in [2.75, 3.05) is 16.8 Å². The highest BCUT2D eigenvalue weighted by Crippen LogP contribution is 2.43. The molecule has 1 atom stereocenters. The zero-order valence-electron chi connectivity index (χ0n) is 11.0. The molecule has 0 amide bonds. The van der Waals surface area contributed by atoms with Crippen molar-refractivity contribution in [2.45, 2.75) is 13.1 Å². The van der Waals surface area contributed by atoms with Gasteiger partial charge in [0.2, 0.25) is 0 Å². The fraction of sp³-hybridized carbons (Fsp3) is 0.188. The molecule has 2 aromatic rings. The summed E-state index contributed by atoms with van der Waals surface area (Å²) < 4.78 is 0. The third-order valence-electron chi connectivity index (χ3n) is 3.71. The quantitative estimate of drug-likeness (QED) is 0.775. The largest absolute Gasteiger partial charge is 0.353 e. The van der Waals surface area contributed by atoms with Crippen LogP contribution in [0.15, 0.2) is 48.5 Å². The lowest BCUT2D eigenvalue weighted by molar-refractivity contribution is 0.734. The molecule has 3 heteroatoms. The summed E-state index contributed by atoms with van der Waals surface area (Å²) in [5.74, 6) is 0. The lowest BCUT2D eigenvalue weighted by atomic mass is 10.1. The van der Waals surface area contributed by atoms with E-state index in [1.165, 1.54) is 0 Å². The van der Waals surface area contributed by atoms with Crippen molar-refractivity contribution in [3.8, 4) is 6.07 Å². The molecule has 3 rings (SSSR count). The van der Waals surface area contributed by atoms with Gasteiger partial charge in [0.05, 0.1) is 23.0 Å². The molecule has 0 fully saturated rings. The van der Waals surface area contributed by atoms with Crippen LogP contribution in [0.4, 0.5) is 17.1 Å². The van der Waals surface area contributed by atoms with E-state index in [2.05, 4.69) is 42.0 Å². The van der Waals surface area contributed by atoms with Gasteiger partial charge in [-0.3, -0.25) is 0 Å². The van der Waals surface area contributed by atoms with Gasteiger partial charge < -0.3 is 9.80 Å². The maximum Gasteiger partial charge on any atom is 0.103 e. The number of nitriles is 1. The van der Waals surface area contributed by atoms with Gasteiger partial charge >= 0.3 is 0 Å². The minimum absolute atomic E-state index is 0.242. The monoisotopic (exact) mass is 249 g/mol. The fourth-order valence-electron chi connectivity index (χ4n) is 2.60. The van der Waals surface area contributed by atoms with Gasteiger partial charge in [0.1, 0.15) is 6.17 Å². The standard InChI is InChI=1S/C16H15N3/c1-12-18(2)15-9-8-13(11-17)10-16(15)19(12)14-6-4-3-5-7-14/h3-10,12H,1-2H3/t12-/m0/s1. The Morgan fingerprint density at radius 3 is 2.47 bits per heavy atom. The van der Waals surface area contributed by atoms with E-state index < -0.39 is 0 Å². The molecule has 94 valence electrons. The van der Waals surface area contributed by atoms with Crippen LogP contribution in [-0.4, -0.2) is 13.2 Å². The number of rotatable bonds is 1. The van der Waals surface area contributed by atoms with Crippen molar-refractivity contribution in [3.63, 3.8) is 0 Å². The predicted octanol–water partition coefficient (Wildman–Crippen LogP) is 3.49. The highest BCUT2D eigenvalue weighted by Gasteiger charge is 2.31. The van der Waals surface area contributed by atoms with Gasteiger partial charge in [-0.05, 0) is 37.3 Å². The average Bonchev–Trinajstić information content (AvgIpc) is 2.71. The average molecular weight is 249 g/mol. The summed E-state index contributed by atoms with van der Waals surface area (Å²) >= 11 is 0. The van der Waals surface area contributed by atoms with Crippen LogP contribution in [0.3, 0.4) is 0 Å². The molecular weight excluding hydrogens is 234 g/mol. The van der Waals surface area contributed by atoms with E-state index in [-0.39, 0.29) is 6.17 Å². The van der Waals surface area contributed by atoms with Crippen LogP contribution in [0, 0.1) is 11.3 Å². The SMILES string of the molecule is C[C@H]1N(C)c2ccc(C#N)cc2N1c1ccccc1. The topological polar surface area (TPSA) is 30.3 Å². The lowest BCUT2D eigenvalue weighted by Crippen LogP contribution is -2.35. The second-order valence-corrected chi connectivity index (χ2v) is 4.76. The molecule has 0 saturated heterocycles. The minimum atomic E-state index is 0.242. The van der Waals surface area contributed by atoms with Gasteiger partial charge in [-0.25, -0.2) is 0 Å². The molecule has 3 nitrogen and oxygen atoms in total. The number of hydrogen-bond acceptors (Lipinski definition) is 3. The summed E-state index contributed by atoms with van der Waals surface area (Å²) in [5.41, 5.74) is 4.11. The van der Waals surface area contributed by atoms with E-state index in [4.69, 9.17) is 5.26 Å². The van der Waals surface area contributed by atoms with E-state index >= 15 is 0 Å². The summed E-state index contributed by atoms with van der Waals surface area (Å²) in [6.07, 6.45) is 0.242. The Labute approximate surface area is 113 Å². The van der Waals surface area contributed by atoms with Crippen LogP contribution in [-0.2, 0) is 0 Å². The molecule has 1 aliphatic heterocycles. The third-order valence-corrected chi connectivity index (χ3v) is 3.71. The van der Waals surface area contributed by atoms with E-state index in [0.29, 0.717) is 5.56 Å². The second-order valence-electron chi connectivity index (χ2n) is 4.76. The normalized spacial score (nSPS) is 17.2. The maximum absolute atomic E-state index is 9.08. The Bertz CT molecular complexity index is 643. The molecular formula is C16H15N3. The van der Waals surface area contributed by atoms with E-state index in [1.807, 2.05) is 36.4 Å². The van der Waals surface area contributed by atoms with Gasteiger partial charge in [-0.15, -0.1) is 0 Å². The van der Waals surface area contributed by atoms with Crippen molar-refractivity contribution in [2.24, 2.45) is 0 Å². The molecule has 1 aliphatic rings. The molecule has 0 spiro atoms. The smallest absolute Gasteiger partial charge is 0.103 e. The zero-order chi connectivity index (χ0) is 13.4. The Hall–Kier alpha value is -2.47. The maximum atomic E-state index is 9.08. The molecule has 0 radical (unpaired) electrons. The van der Waals surface area contributed by atoms with Crippen molar-refractivity contribution in [3.05, 3.63) is 54.1 Å². The van der Waals surface area contributed by atoms with Crippen molar-refractivity contribution in [1.29, 1.82) is 5.26 Å². The van der Waals surface area contributed by atoms with E-state index in [0.717, 1.165) is 17.1 Å². The minimum Gasteiger partial charge on any atom is -0.353 e. The van der Waals surface area contributed by atoms with Crippen molar-refractivity contribution in [1.82, 2.24) is 0 Å². The number of hydrogen-bond donors (Lipinski definition) is 0. The zero-order valence-corrected chi connectivity index (χ0v) is 11.0. The summed E-state index contributed by atoms with van der Waals surface area (Å²) in [7, 11) is 2.08. The number of fused-ring (bicyclic) bond motifs is 1. The summed E-state index contributed by atoms with van der Waals surface area (Å²) in [5, 5.41) is 9.08. The fourth-order valence-corrected chi connectivity index (χ4v) is 2.60. The number of benzene rings is 2. The highest BCUT2D eigenvalue weighted by molar-refractivity contribution is 5.84. The van der Waals surface area contributed by atoms with Crippen molar-refractivity contribution < 1.29 is 0 Å². The van der Waals surface area contributed by atoms with Gasteiger partial charge in [0.25, 0.3) is 0 Å². The van der Waals surface area contributed by atoms with Crippen LogP contribution in [0.1, 0.15) is 12.5 Å². The third kappa shape index (κ3) is 1.73. The second kappa shape index (κ2) is 4.33. The first-order valence-corrected chi connectivity index (χ1v) is 6.33. The summed E-state index contributed by atoms with van der Waals surface area (Å²) in [6, 6.07) is 18.3. The predicted molar refractivity (Wildman–Crippen MR) is 77.6 cm³/mol. The molecule has 0 aromatic heterocycles. The molecule has 0 bridgehead atoms. The number of anilines is 3. The van der Waals surface area contributed by atoms with Crippen LogP contribution >= 0.6 is 0 Å². The lowest BCUT2D eigenvalue weighted by Gasteiger charge is -2.27. The molecule has 19 heavy (non-hydrogen) atoms. The van der Waals surface area contributed by atoms with Crippen LogP contribution < -0.4 is 9.80 Å². The van der Waals surface area contributed by atoms with Gasteiger partial charge in [-0.2, -0.15) is 5.26 Å². The molecule has 2 aromatic carbocycles. The Morgan fingerprint density at radius 2 is 1.79 bits per heavy atom. The molecule has 1 heterocycles. The van der Waals surface area contributed by atoms with Gasteiger partial charge in [0, 0.05) is 12.7 Å². The highest BCUT2D eigenvalue weighted by atomic mass is 15.4.